The SMILES string of the molecule is CN(c1ncnc2[nH]ccc12)C1CC2CN(C(=O)CN)CC2C1. The van der Waals surface area contributed by atoms with Crippen molar-refractivity contribution in [2.24, 2.45) is 17.6 Å². The van der Waals surface area contributed by atoms with Gasteiger partial charge in [0.05, 0.1) is 11.9 Å². The molecule has 2 atom stereocenters. The van der Waals surface area contributed by atoms with Gasteiger partial charge in [-0.25, -0.2) is 9.97 Å². The van der Waals surface area contributed by atoms with Gasteiger partial charge in [-0.3, -0.25) is 4.79 Å². The number of H-pyrrole nitrogens is 1. The molecular formula is C16H22N6O. The molecule has 2 aromatic heterocycles. The molecule has 2 aromatic rings. The van der Waals surface area contributed by atoms with Gasteiger partial charge in [-0.2, -0.15) is 0 Å². The number of carbonyl (C=O) groups excluding carboxylic acids is 1. The van der Waals surface area contributed by atoms with Gasteiger partial charge in [0.25, 0.3) is 0 Å². The Labute approximate surface area is 134 Å². The van der Waals surface area contributed by atoms with Gasteiger partial charge < -0.3 is 20.5 Å². The monoisotopic (exact) mass is 314 g/mol. The van der Waals surface area contributed by atoms with Crippen LogP contribution in [0.2, 0.25) is 0 Å². The lowest BCUT2D eigenvalue weighted by molar-refractivity contribution is -0.128. The molecule has 3 heterocycles. The Kier molecular flexibility index (Phi) is 3.45. The number of anilines is 1. The fraction of sp³-hybridized carbons (Fsp3) is 0.562. The number of carbonyl (C=O) groups is 1. The third kappa shape index (κ3) is 2.35. The van der Waals surface area contributed by atoms with E-state index in [1.54, 1.807) is 6.33 Å². The number of nitrogens with one attached hydrogen (secondary N) is 1. The van der Waals surface area contributed by atoms with E-state index >= 15 is 0 Å². The highest BCUT2D eigenvalue weighted by Crippen LogP contribution is 2.41. The number of hydrogen-bond acceptors (Lipinski definition) is 5. The maximum absolute atomic E-state index is 11.8. The molecule has 1 aliphatic heterocycles. The van der Waals surface area contributed by atoms with E-state index in [1.165, 1.54) is 0 Å². The van der Waals surface area contributed by atoms with Gasteiger partial charge in [-0.15, -0.1) is 0 Å². The Morgan fingerprint density at radius 1 is 1.39 bits per heavy atom. The van der Waals surface area contributed by atoms with Crippen LogP contribution in [0.4, 0.5) is 5.82 Å². The standard InChI is InChI=1S/C16H22N6O/c1-21(16-13-2-3-18-15(13)19-9-20-16)12-4-10-7-22(14(23)6-17)8-11(10)5-12/h2-3,9-12H,4-8,17H2,1H3,(H,18,19,20). The number of amides is 1. The Morgan fingerprint density at radius 2 is 2.13 bits per heavy atom. The number of likely N-dealkylation sites (tertiary alicyclic amines) is 1. The zero-order valence-electron chi connectivity index (χ0n) is 13.3. The fourth-order valence-corrected chi connectivity index (χ4v) is 4.23. The molecular weight excluding hydrogens is 292 g/mol. The van der Waals surface area contributed by atoms with E-state index in [-0.39, 0.29) is 12.5 Å². The molecule has 2 unspecified atom stereocenters. The van der Waals surface area contributed by atoms with Gasteiger partial charge >= 0.3 is 0 Å². The van der Waals surface area contributed by atoms with Crippen LogP contribution in [0.25, 0.3) is 11.0 Å². The topological polar surface area (TPSA) is 91.1 Å². The predicted molar refractivity (Wildman–Crippen MR) is 87.9 cm³/mol. The number of hydrogen-bond donors (Lipinski definition) is 2. The number of aromatic amines is 1. The zero-order valence-corrected chi connectivity index (χ0v) is 13.3. The first kappa shape index (κ1) is 14.4. The van der Waals surface area contributed by atoms with E-state index in [2.05, 4.69) is 26.9 Å². The van der Waals surface area contributed by atoms with Gasteiger partial charge in [0.1, 0.15) is 17.8 Å². The third-order valence-corrected chi connectivity index (χ3v) is 5.47. The smallest absolute Gasteiger partial charge is 0.236 e. The second-order valence-electron chi connectivity index (χ2n) is 6.70. The normalized spacial score (nSPS) is 26.7. The van der Waals surface area contributed by atoms with Gasteiger partial charge in [-0.1, -0.05) is 0 Å². The third-order valence-electron chi connectivity index (χ3n) is 5.47. The molecule has 0 aromatic carbocycles. The minimum atomic E-state index is 0.0779. The summed E-state index contributed by atoms with van der Waals surface area (Å²) in [6, 6.07) is 2.49. The maximum atomic E-state index is 11.8. The van der Waals surface area contributed by atoms with E-state index in [1.807, 2.05) is 17.2 Å². The quantitative estimate of drug-likeness (QED) is 0.865. The van der Waals surface area contributed by atoms with E-state index in [9.17, 15) is 4.79 Å². The number of nitrogens with zero attached hydrogens (tertiary/aromatic N) is 4. The van der Waals surface area contributed by atoms with Gasteiger partial charge in [0.2, 0.25) is 5.91 Å². The largest absolute Gasteiger partial charge is 0.356 e. The average Bonchev–Trinajstić information content (AvgIpc) is 3.26. The van der Waals surface area contributed by atoms with E-state index in [0.717, 1.165) is 42.8 Å². The molecule has 2 fully saturated rings. The van der Waals surface area contributed by atoms with Gasteiger partial charge in [0, 0.05) is 32.4 Å². The van der Waals surface area contributed by atoms with Crippen LogP contribution in [0.5, 0.6) is 0 Å². The van der Waals surface area contributed by atoms with Crippen LogP contribution in [0.3, 0.4) is 0 Å². The first-order valence-corrected chi connectivity index (χ1v) is 8.16. The minimum Gasteiger partial charge on any atom is -0.356 e. The first-order chi connectivity index (χ1) is 11.2. The lowest BCUT2D eigenvalue weighted by Gasteiger charge is -2.27. The molecule has 1 saturated heterocycles. The number of fused-ring (bicyclic) bond motifs is 2. The molecule has 1 saturated carbocycles. The summed E-state index contributed by atoms with van der Waals surface area (Å²) in [5.41, 5.74) is 6.35. The van der Waals surface area contributed by atoms with Crippen molar-refractivity contribution in [2.45, 2.75) is 18.9 Å². The molecule has 0 radical (unpaired) electrons. The second kappa shape index (κ2) is 5.49. The van der Waals surface area contributed by atoms with Crippen LogP contribution in [0, 0.1) is 11.8 Å². The summed E-state index contributed by atoms with van der Waals surface area (Å²) in [7, 11) is 2.11. The summed E-state index contributed by atoms with van der Waals surface area (Å²) >= 11 is 0. The van der Waals surface area contributed by atoms with Crippen molar-refractivity contribution in [3.05, 3.63) is 18.6 Å². The Balaban J connectivity index is 1.49. The van der Waals surface area contributed by atoms with Crippen molar-refractivity contribution in [1.29, 1.82) is 0 Å². The van der Waals surface area contributed by atoms with Crippen molar-refractivity contribution in [3.8, 4) is 0 Å². The molecule has 4 rings (SSSR count). The number of aromatic nitrogens is 3. The summed E-state index contributed by atoms with van der Waals surface area (Å²) in [6.45, 7) is 1.83. The van der Waals surface area contributed by atoms with Gasteiger partial charge in [0.15, 0.2) is 0 Å². The van der Waals surface area contributed by atoms with E-state index in [4.69, 9.17) is 5.73 Å². The Bertz CT molecular complexity index is 714. The van der Waals surface area contributed by atoms with Crippen molar-refractivity contribution in [2.75, 3.05) is 31.6 Å². The zero-order chi connectivity index (χ0) is 16.0. The Morgan fingerprint density at radius 3 is 2.83 bits per heavy atom. The highest BCUT2D eigenvalue weighted by atomic mass is 16.2. The van der Waals surface area contributed by atoms with Crippen LogP contribution in [0.1, 0.15) is 12.8 Å². The van der Waals surface area contributed by atoms with Crippen LogP contribution in [-0.4, -0.2) is 58.5 Å². The van der Waals surface area contributed by atoms with Crippen molar-refractivity contribution in [3.63, 3.8) is 0 Å². The molecule has 23 heavy (non-hydrogen) atoms. The molecule has 3 N–H and O–H groups in total. The van der Waals surface area contributed by atoms with E-state index in [0.29, 0.717) is 17.9 Å². The fourth-order valence-electron chi connectivity index (χ4n) is 4.23. The van der Waals surface area contributed by atoms with Crippen molar-refractivity contribution < 1.29 is 4.79 Å². The van der Waals surface area contributed by atoms with E-state index < -0.39 is 0 Å². The van der Waals surface area contributed by atoms with Crippen LogP contribution < -0.4 is 10.6 Å². The van der Waals surface area contributed by atoms with Crippen molar-refractivity contribution >= 4 is 22.8 Å². The summed E-state index contributed by atoms with van der Waals surface area (Å²) < 4.78 is 0. The summed E-state index contributed by atoms with van der Waals surface area (Å²) in [4.78, 5) is 27.9. The number of nitrogens with two attached hydrogens (primary N) is 1. The highest BCUT2D eigenvalue weighted by molar-refractivity contribution is 5.87. The molecule has 7 nitrogen and oxygen atoms in total. The molecule has 122 valence electrons. The molecule has 1 amide bonds. The summed E-state index contributed by atoms with van der Waals surface area (Å²) in [6.07, 6.45) is 5.72. The molecule has 1 aliphatic carbocycles. The summed E-state index contributed by atoms with van der Waals surface area (Å²) in [5, 5.41) is 1.06. The minimum absolute atomic E-state index is 0.0779. The molecule has 2 aliphatic rings. The first-order valence-electron chi connectivity index (χ1n) is 8.16. The van der Waals surface area contributed by atoms with Crippen LogP contribution >= 0.6 is 0 Å². The van der Waals surface area contributed by atoms with Crippen LogP contribution in [0.15, 0.2) is 18.6 Å². The van der Waals surface area contributed by atoms with Crippen molar-refractivity contribution in [1.82, 2.24) is 19.9 Å². The lowest BCUT2D eigenvalue weighted by Crippen LogP contribution is -2.37. The average molecular weight is 314 g/mol. The highest BCUT2D eigenvalue weighted by Gasteiger charge is 2.43. The summed E-state index contributed by atoms with van der Waals surface area (Å²) in [5.74, 6) is 2.23. The molecule has 0 spiro atoms. The maximum Gasteiger partial charge on any atom is 0.236 e. The van der Waals surface area contributed by atoms with Crippen LogP contribution in [-0.2, 0) is 4.79 Å². The Hall–Kier alpha value is -2.15. The molecule has 0 bridgehead atoms. The second-order valence-corrected chi connectivity index (χ2v) is 6.70. The molecule has 7 heteroatoms. The lowest BCUT2D eigenvalue weighted by atomic mass is 10.0. The number of rotatable bonds is 3. The predicted octanol–water partition coefficient (Wildman–Crippen LogP) is 0.590. The van der Waals surface area contributed by atoms with Gasteiger partial charge in [-0.05, 0) is 30.7 Å².